The van der Waals surface area contributed by atoms with E-state index in [2.05, 4.69) is 54.7 Å². The van der Waals surface area contributed by atoms with E-state index >= 15 is 0 Å². The average molecular weight is 315 g/mol. The van der Waals surface area contributed by atoms with Crippen LogP contribution >= 0.6 is 11.6 Å². The zero-order valence-electron chi connectivity index (χ0n) is 14.2. The summed E-state index contributed by atoms with van der Waals surface area (Å²) in [5.41, 5.74) is 6.68. The van der Waals surface area contributed by atoms with E-state index < -0.39 is 0 Å². The second-order valence-electron chi connectivity index (χ2n) is 5.42. The van der Waals surface area contributed by atoms with Gasteiger partial charge in [0.25, 0.3) is 0 Å². The van der Waals surface area contributed by atoms with Gasteiger partial charge in [-0.3, -0.25) is 0 Å². The Bertz CT molecular complexity index is 816. The van der Waals surface area contributed by atoms with Crippen molar-refractivity contribution < 1.29 is 0 Å². The van der Waals surface area contributed by atoms with E-state index in [1.807, 2.05) is 26.8 Å². The molecule has 3 heteroatoms. The lowest BCUT2D eigenvalue weighted by Gasteiger charge is -2.10. The Morgan fingerprint density at radius 2 is 1.64 bits per heavy atom. The number of halogens is 1. The van der Waals surface area contributed by atoms with E-state index in [-0.39, 0.29) is 0 Å². The van der Waals surface area contributed by atoms with Crippen molar-refractivity contribution in [1.29, 1.82) is 0 Å². The maximum absolute atomic E-state index is 6.38. The first kappa shape index (κ1) is 16.6. The van der Waals surface area contributed by atoms with Crippen LogP contribution in [0, 0.1) is 27.7 Å². The molecule has 0 N–H and O–H groups in total. The Morgan fingerprint density at radius 1 is 0.955 bits per heavy atom. The first-order chi connectivity index (χ1) is 10.5. The second kappa shape index (κ2) is 6.53. The number of hydrogen-bond donors (Lipinski definition) is 0. The summed E-state index contributed by atoms with van der Waals surface area (Å²) in [6, 6.07) is 8.37. The van der Waals surface area contributed by atoms with Gasteiger partial charge in [-0.25, -0.2) is 4.98 Å². The maximum Gasteiger partial charge on any atom is 0.146 e. The number of aryl methyl sites for hydroxylation is 4. The minimum absolute atomic E-state index is 0.772. The molecule has 0 aliphatic rings. The van der Waals surface area contributed by atoms with Gasteiger partial charge < -0.3 is 4.57 Å². The van der Waals surface area contributed by atoms with Crippen molar-refractivity contribution in [2.24, 2.45) is 0 Å². The minimum atomic E-state index is 0.772. The van der Waals surface area contributed by atoms with E-state index in [0.29, 0.717) is 0 Å². The van der Waals surface area contributed by atoms with Crippen LogP contribution in [-0.2, 0) is 0 Å². The summed E-state index contributed by atoms with van der Waals surface area (Å²) in [5.74, 6) is 0. The van der Waals surface area contributed by atoms with Crippen LogP contribution < -0.4 is 0 Å². The molecular formula is C19H23ClN2. The van der Waals surface area contributed by atoms with Gasteiger partial charge in [0.15, 0.2) is 0 Å². The summed E-state index contributed by atoms with van der Waals surface area (Å²) in [6.45, 7) is 12.3. The third-order valence-electron chi connectivity index (χ3n) is 3.64. The van der Waals surface area contributed by atoms with Crippen LogP contribution in [0.2, 0.25) is 5.02 Å². The molecule has 0 atom stereocenters. The van der Waals surface area contributed by atoms with E-state index in [1.54, 1.807) is 0 Å². The van der Waals surface area contributed by atoms with E-state index in [0.717, 1.165) is 33.0 Å². The Hall–Kier alpha value is -1.80. The predicted molar refractivity (Wildman–Crippen MR) is 96.4 cm³/mol. The van der Waals surface area contributed by atoms with Gasteiger partial charge in [0.2, 0.25) is 0 Å². The number of fused-ring (bicyclic) bond motifs is 1. The van der Waals surface area contributed by atoms with Gasteiger partial charge in [-0.2, -0.15) is 0 Å². The molecule has 2 heterocycles. The Kier molecular flexibility index (Phi) is 4.92. The van der Waals surface area contributed by atoms with Crippen LogP contribution in [0.25, 0.3) is 16.7 Å². The molecule has 0 aliphatic heterocycles. The topological polar surface area (TPSA) is 17.8 Å². The molecule has 0 saturated carbocycles. The Morgan fingerprint density at radius 3 is 2.27 bits per heavy atom. The largest absolute Gasteiger partial charge is 0.301 e. The summed E-state index contributed by atoms with van der Waals surface area (Å²) in [7, 11) is 0. The van der Waals surface area contributed by atoms with Crippen molar-refractivity contribution in [2.75, 3.05) is 0 Å². The molecule has 0 aliphatic carbocycles. The van der Waals surface area contributed by atoms with Crippen LogP contribution in [-0.4, -0.2) is 9.55 Å². The first-order valence-corrected chi connectivity index (χ1v) is 8.07. The molecular weight excluding hydrogens is 292 g/mol. The van der Waals surface area contributed by atoms with Gasteiger partial charge in [-0.05, 0) is 51.0 Å². The monoisotopic (exact) mass is 314 g/mol. The first-order valence-electron chi connectivity index (χ1n) is 7.70. The number of benzene rings is 1. The van der Waals surface area contributed by atoms with E-state index in [9.17, 15) is 0 Å². The summed E-state index contributed by atoms with van der Waals surface area (Å²) in [6.07, 6.45) is 2.11. The van der Waals surface area contributed by atoms with Crippen LogP contribution in [0.3, 0.4) is 0 Å². The molecule has 0 radical (unpaired) electrons. The summed E-state index contributed by atoms with van der Waals surface area (Å²) >= 11 is 6.38. The highest BCUT2D eigenvalue weighted by Gasteiger charge is 2.13. The lowest BCUT2D eigenvalue weighted by Crippen LogP contribution is -1.98. The molecule has 0 spiro atoms. The number of pyridine rings is 1. The van der Waals surface area contributed by atoms with Crippen molar-refractivity contribution in [2.45, 2.75) is 41.5 Å². The Balaban J connectivity index is 0.000000847. The standard InChI is InChI=1S/C17H17ClN2.C2H6/c1-10-5-6-15(11(2)7-10)20-9-12(3)16-14(18)8-13(4)19-17(16)20;1-2/h5-9H,1-4H3;1-2H3. The fourth-order valence-electron chi connectivity index (χ4n) is 2.74. The van der Waals surface area contributed by atoms with Gasteiger partial charge in [0.1, 0.15) is 5.65 Å². The highest BCUT2D eigenvalue weighted by atomic mass is 35.5. The lowest BCUT2D eigenvalue weighted by molar-refractivity contribution is 1.05. The molecule has 3 aromatic rings. The van der Waals surface area contributed by atoms with Crippen molar-refractivity contribution in [1.82, 2.24) is 9.55 Å². The quantitative estimate of drug-likeness (QED) is 0.543. The second-order valence-corrected chi connectivity index (χ2v) is 5.82. The summed E-state index contributed by atoms with van der Waals surface area (Å²) in [4.78, 5) is 4.68. The number of hydrogen-bond acceptors (Lipinski definition) is 1. The highest BCUT2D eigenvalue weighted by Crippen LogP contribution is 2.30. The highest BCUT2D eigenvalue weighted by molar-refractivity contribution is 6.35. The fraction of sp³-hybridized carbons (Fsp3) is 0.316. The van der Waals surface area contributed by atoms with Crippen LogP contribution in [0.4, 0.5) is 0 Å². The maximum atomic E-state index is 6.38. The third kappa shape index (κ3) is 2.89. The molecule has 0 unspecified atom stereocenters. The number of nitrogens with zero attached hydrogens (tertiary/aromatic N) is 2. The zero-order chi connectivity index (χ0) is 16.4. The Labute approximate surface area is 137 Å². The van der Waals surface area contributed by atoms with E-state index in [1.165, 1.54) is 11.1 Å². The number of aromatic nitrogens is 2. The molecule has 116 valence electrons. The molecule has 2 nitrogen and oxygen atoms in total. The molecule has 22 heavy (non-hydrogen) atoms. The molecule has 0 amide bonds. The third-order valence-corrected chi connectivity index (χ3v) is 3.94. The summed E-state index contributed by atoms with van der Waals surface area (Å²) in [5, 5.41) is 1.81. The number of rotatable bonds is 1. The average Bonchev–Trinajstić information content (AvgIpc) is 2.78. The van der Waals surface area contributed by atoms with Crippen LogP contribution in [0.15, 0.2) is 30.5 Å². The molecule has 0 bridgehead atoms. The van der Waals surface area contributed by atoms with Crippen LogP contribution in [0.1, 0.15) is 36.2 Å². The smallest absolute Gasteiger partial charge is 0.146 e. The molecule has 1 aromatic carbocycles. The van der Waals surface area contributed by atoms with Gasteiger partial charge in [-0.1, -0.05) is 43.1 Å². The fourth-order valence-corrected chi connectivity index (χ4v) is 3.13. The molecule has 0 fully saturated rings. The van der Waals surface area contributed by atoms with Crippen molar-refractivity contribution >= 4 is 22.6 Å². The predicted octanol–water partition coefficient (Wildman–Crippen LogP) is 5.94. The molecule has 0 saturated heterocycles. The minimum Gasteiger partial charge on any atom is -0.301 e. The van der Waals surface area contributed by atoms with Gasteiger partial charge >= 0.3 is 0 Å². The van der Waals surface area contributed by atoms with Gasteiger partial charge in [0, 0.05) is 23.0 Å². The van der Waals surface area contributed by atoms with Crippen LogP contribution in [0.5, 0.6) is 0 Å². The molecule has 3 rings (SSSR count). The van der Waals surface area contributed by atoms with Crippen molar-refractivity contribution in [3.63, 3.8) is 0 Å². The zero-order valence-corrected chi connectivity index (χ0v) is 14.9. The van der Waals surface area contributed by atoms with Crippen molar-refractivity contribution in [3.8, 4) is 5.69 Å². The SMILES string of the molecule is CC.Cc1ccc(-n2cc(C)c3c(Cl)cc(C)nc32)c(C)c1. The molecule has 2 aromatic heterocycles. The normalized spacial score (nSPS) is 10.5. The van der Waals surface area contributed by atoms with Crippen molar-refractivity contribution in [3.05, 3.63) is 57.9 Å². The lowest BCUT2D eigenvalue weighted by atomic mass is 10.1. The van der Waals surface area contributed by atoms with E-state index in [4.69, 9.17) is 11.6 Å². The van der Waals surface area contributed by atoms with Gasteiger partial charge in [-0.15, -0.1) is 0 Å². The van der Waals surface area contributed by atoms with Gasteiger partial charge in [0.05, 0.1) is 5.02 Å². The summed E-state index contributed by atoms with van der Waals surface area (Å²) < 4.78 is 2.14.